The summed E-state index contributed by atoms with van der Waals surface area (Å²) < 4.78 is 0. The van der Waals surface area contributed by atoms with Crippen molar-refractivity contribution in [2.45, 2.75) is 26.7 Å². The largest absolute Gasteiger partial charge is 0.387 e. The first-order valence-corrected chi connectivity index (χ1v) is 6.88. The Morgan fingerprint density at radius 2 is 2.19 bits per heavy atom. The molecule has 0 aromatic rings. The van der Waals surface area contributed by atoms with Gasteiger partial charge in [0.05, 0.1) is 11.4 Å². The van der Waals surface area contributed by atoms with Crippen LogP contribution >= 0.6 is 0 Å². The molecule has 7 nitrogen and oxygen atoms in total. The number of carbonyl (C=O) groups is 3. The van der Waals surface area contributed by atoms with E-state index in [9.17, 15) is 14.4 Å². The topological polar surface area (TPSA) is 98.7 Å². The molecule has 1 aliphatic rings. The SMILES string of the molecule is C/C=C1\C(=C/CC)NC(=O)CN1C(=O)CCNC(=O)CO. The number of allylic oxidation sites excluding steroid dienone is 2. The van der Waals surface area contributed by atoms with Crippen LogP contribution in [0.3, 0.4) is 0 Å². The first-order valence-electron chi connectivity index (χ1n) is 6.88. The molecular weight excluding hydrogens is 274 g/mol. The standard InChI is InChI=1S/C14H21N3O4/c1-3-5-10-11(4-2)17(8-12(19)16-10)14(21)6-7-15-13(20)9-18/h4-5,18H,3,6-9H2,1-2H3,(H,15,20)(H,16,19)/b10-5+,11-4+. The van der Waals surface area contributed by atoms with Crippen LogP contribution in [0.1, 0.15) is 26.7 Å². The predicted molar refractivity (Wildman–Crippen MR) is 76.7 cm³/mol. The molecule has 0 radical (unpaired) electrons. The Morgan fingerprint density at radius 3 is 2.76 bits per heavy atom. The minimum Gasteiger partial charge on any atom is -0.387 e. The Bertz CT molecular complexity index is 483. The van der Waals surface area contributed by atoms with Crippen LogP contribution < -0.4 is 10.6 Å². The van der Waals surface area contributed by atoms with Gasteiger partial charge in [-0.05, 0) is 13.3 Å². The fourth-order valence-electron chi connectivity index (χ4n) is 2.02. The third-order valence-electron chi connectivity index (χ3n) is 2.93. The molecule has 0 saturated carbocycles. The van der Waals surface area contributed by atoms with Gasteiger partial charge in [-0.3, -0.25) is 14.4 Å². The maximum atomic E-state index is 12.2. The number of hydrogen-bond acceptors (Lipinski definition) is 4. The van der Waals surface area contributed by atoms with Crippen molar-refractivity contribution in [1.29, 1.82) is 0 Å². The Balaban J connectivity index is 2.74. The third kappa shape index (κ3) is 4.71. The summed E-state index contributed by atoms with van der Waals surface area (Å²) in [6.45, 7) is 3.22. The van der Waals surface area contributed by atoms with Crippen LogP contribution in [0.2, 0.25) is 0 Å². The molecule has 0 aliphatic carbocycles. The second-order valence-corrected chi connectivity index (χ2v) is 4.49. The Morgan fingerprint density at radius 1 is 1.48 bits per heavy atom. The van der Waals surface area contributed by atoms with Gasteiger partial charge in [0.15, 0.2) is 0 Å². The lowest BCUT2D eigenvalue weighted by molar-refractivity contribution is -0.135. The van der Waals surface area contributed by atoms with E-state index in [2.05, 4.69) is 10.6 Å². The molecule has 116 valence electrons. The summed E-state index contributed by atoms with van der Waals surface area (Å²) in [7, 11) is 0. The fourth-order valence-corrected chi connectivity index (χ4v) is 2.02. The quantitative estimate of drug-likeness (QED) is 0.645. The highest BCUT2D eigenvalue weighted by atomic mass is 16.3. The average molecular weight is 295 g/mol. The maximum absolute atomic E-state index is 12.2. The lowest BCUT2D eigenvalue weighted by atomic mass is 10.1. The number of nitrogens with zero attached hydrogens (tertiary/aromatic N) is 1. The van der Waals surface area contributed by atoms with E-state index in [1.165, 1.54) is 4.90 Å². The summed E-state index contributed by atoms with van der Waals surface area (Å²) in [6.07, 6.45) is 4.42. The predicted octanol–water partition coefficient (Wildman–Crippen LogP) is -0.359. The third-order valence-corrected chi connectivity index (χ3v) is 2.93. The van der Waals surface area contributed by atoms with Gasteiger partial charge in [0.2, 0.25) is 17.7 Å². The van der Waals surface area contributed by atoms with Gasteiger partial charge in [-0.2, -0.15) is 0 Å². The molecule has 0 unspecified atom stereocenters. The zero-order valence-electron chi connectivity index (χ0n) is 12.3. The normalized spacial score (nSPS) is 18.8. The summed E-state index contributed by atoms with van der Waals surface area (Å²) in [5.41, 5.74) is 1.29. The van der Waals surface area contributed by atoms with Crippen molar-refractivity contribution in [3.05, 3.63) is 23.5 Å². The lowest BCUT2D eigenvalue weighted by Crippen LogP contribution is -2.47. The van der Waals surface area contributed by atoms with Crippen LogP contribution in [0.4, 0.5) is 0 Å². The van der Waals surface area contributed by atoms with Gasteiger partial charge in [-0.1, -0.05) is 19.1 Å². The molecule has 3 N–H and O–H groups in total. The second-order valence-electron chi connectivity index (χ2n) is 4.49. The zero-order valence-corrected chi connectivity index (χ0v) is 12.3. The molecular formula is C14H21N3O4. The maximum Gasteiger partial charge on any atom is 0.245 e. The van der Waals surface area contributed by atoms with Crippen molar-refractivity contribution < 1.29 is 19.5 Å². The monoisotopic (exact) mass is 295 g/mol. The number of rotatable bonds is 5. The van der Waals surface area contributed by atoms with Crippen molar-refractivity contribution in [3.63, 3.8) is 0 Å². The van der Waals surface area contributed by atoms with E-state index in [1.807, 2.05) is 13.0 Å². The van der Waals surface area contributed by atoms with Crippen molar-refractivity contribution in [1.82, 2.24) is 15.5 Å². The Labute approximate surface area is 123 Å². The first-order chi connectivity index (χ1) is 10.0. The zero-order chi connectivity index (χ0) is 15.8. The molecule has 1 heterocycles. The van der Waals surface area contributed by atoms with E-state index < -0.39 is 12.5 Å². The number of carbonyl (C=O) groups excluding carboxylic acids is 3. The van der Waals surface area contributed by atoms with E-state index in [1.54, 1.807) is 13.0 Å². The molecule has 0 spiro atoms. The van der Waals surface area contributed by atoms with Crippen LogP contribution in [0.25, 0.3) is 0 Å². The van der Waals surface area contributed by atoms with Gasteiger partial charge in [0.25, 0.3) is 0 Å². The number of nitrogens with one attached hydrogen (secondary N) is 2. The van der Waals surface area contributed by atoms with E-state index in [0.717, 1.165) is 6.42 Å². The molecule has 0 bridgehead atoms. The number of aliphatic hydroxyl groups excluding tert-OH is 1. The lowest BCUT2D eigenvalue weighted by Gasteiger charge is -2.31. The summed E-state index contributed by atoms with van der Waals surface area (Å²) in [5.74, 6) is -1.02. The van der Waals surface area contributed by atoms with Crippen LogP contribution in [-0.2, 0) is 14.4 Å². The second kappa shape index (κ2) is 8.21. The number of piperazine rings is 1. The van der Waals surface area contributed by atoms with Crippen molar-refractivity contribution in [2.24, 2.45) is 0 Å². The smallest absolute Gasteiger partial charge is 0.245 e. The van der Waals surface area contributed by atoms with E-state index >= 15 is 0 Å². The summed E-state index contributed by atoms with van der Waals surface area (Å²) in [5, 5.41) is 13.7. The molecule has 1 saturated heterocycles. The van der Waals surface area contributed by atoms with Crippen LogP contribution in [0, 0.1) is 0 Å². The molecule has 0 atom stereocenters. The highest BCUT2D eigenvalue weighted by Crippen LogP contribution is 2.19. The number of amides is 3. The Kier molecular flexibility index (Phi) is 6.61. The van der Waals surface area contributed by atoms with Crippen LogP contribution in [-0.4, -0.2) is 47.4 Å². The fraction of sp³-hybridized carbons (Fsp3) is 0.500. The molecule has 0 aromatic heterocycles. The number of aliphatic hydroxyl groups is 1. The number of hydrogen-bond donors (Lipinski definition) is 3. The van der Waals surface area contributed by atoms with Gasteiger partial charge >= 0.3 is 0 Å². The molecule has 0 aromatic carbocycles. The highest BCUT2D eigenvalue weighted by Gasteiger charge is 2.28. The Hall–Kier alpha value is -2.15. The van der Waals surface area contributed by atoms with Crippen molar-refractivity contribution in [3.8, 4) is 0 Å². The molecule has 7 heteroatoms. The minimum atomic E-state index is -0.607. The van der Waals surface area contributed by atoms with Gasteiger partial charge in [0, 0.05) is 13.0 Å². The molecule has 1 aliphatic heterocycles. The molecule has 3 amide bonds. The minimum absolute atomic E-state index is 0.0342. The molecule has 21 heavy (non-hydrogen) atoms. The van der Waals surface area contributed by atoms with Gasteiger partial charge < -0.3 is 20.6 Å². The van der Waals surface area contributed by atoms with E-state index in [-0.39, 0.29) is 31.3 Å². The van der Waals surface area contributed by atoms with E-state index in [0.29, 0.717) is 11.4 Å². The van der Waals surface area contributed by atoms with Gasteiger partial charge in [-0.15, -0.1) is 0 Å². The summed E-state index contributed by atoms with van der Waals surface area (Å²) >= 11 is 0. The highest BCUT2D eigenvalue weighted by molar-refractivity contribution is 5.90. The average Bonchev–Trinajstić information content (AvgIpc) is 2.46. The van der Waals surface area contributed by atoms with Gasteiger partial charge in [0.1, 0.15) is 13.2 Å². The molecule has 1 rings (SSSR count). The van der Waals surface area contributed by atoms with Crippen molar-refractivity contribution >= 4 is 17.7 Å². The molecule has 1 fully saturated rings. The van der Waals surface area contributed by atoms with Gasteiger partial charge in [-0.25, -0.2) is 0 Å². The first kappa shape index (κ1) is 16.9. The van der Waals surface area contributed by atoms with Crippen molar-refractivity contribution in [2.75, 3.05) is 19.7 Å². The van der Waals surface area contributed by atoms with Crippen LogP contribution in [0.5, 0.6) is 0 Å². The van der Waals surface area contributed by atoms with E-state index in [4.69, 9.17) is 5.11 Å². The summed E-state index contributed by atoms with van der Waals surface area (Å²) in [6, 6.07) is 0. The summed E-state index contributed by atoms with van der Waals surface area (Å²) in [4.78, 5) is 36.2. The van der Waals surface area contributed by atoms with Crippen LogP contribution in [0.15, 0.2) is 23.5 Å².